The first-order chi connectivity index (χ1) is 12.3. The van der Waals surface area contributed by atoms with Gasteiger partial charge in [0, 0.05) is 12.0 Å². The van der Waals surface area contributed by atoms with E-state index >= 15 is 0 Å². The van der Waals surface area contributed by atoms with Crippen LogP contribution >= 0.6 is 23.2 Å². The first kappa shape index (κ1) is 20.1. The number of hydrogen-bond donors (Lipinski definition) is 1. The number of Topliss-reactive ketones (excluding diaryl/α,β-unsaturated/α-hetero) is 1. The molecule has 0 fully saturated rings. The molecule has 0 aliphatic rings. The van der Waals surface area contributed by atoms with Gasteiger partial charge in [-0.2, -0.15) is 0 Å². The largest absolute Gasteiger partial charge is 0.505 e. The van der Waals surface area contributed by atoms with E-state index < -0.39 is 5.97 Å². The third-order valence-electron chi connectivity index (χ3n) is 3.75. The number of hydrogen-bond acceptors (Lipinski definition) is 5. The lowest BCUT2D eigenvalue weighted by molar-refractivity contribution is 0.0595. The van der Waals surface area contributed by atoms with E-state index in [1.807, 2.05) is 13.0 Å². The first-order valence-electron chi connectivity index (χ1n) is 7.87. The number of ketones is 1. The second-order valence-electron chi connectivity index (χ2n) is 5.61. The van der Waals surface area contributed by atoms with Crippen molar-refractivity contribution in [3.63, 3.8) is 0 Å². The summed E-state index contributed by atoms with van der Waals surface area (Å²) < 4.78 is 10.4. The highest BCUT2D eigenvalue weighted by Crippen LogP contribution is 2.33. The van der Waals surface area contributed by atoms with Crippen LogP contribution < -0.4 is 4.74 Å². The lowest BCUT2D eigenvalue weighted by Crippen LogP contribution is -2.09. The second-order valence-corrected chi connectivity index (χ2v) is 6.42. The van der Waals surface area contributed by atoms with Crippen molar-refractivity contribution in [3.05, 3.63) is 57.1 Å². The third kappa shape index (κ3) is 4.68. The van der Waals surface area contributed by atoms with Gasteiger partial charge in [0.1, 0.15) is 11.3 Å². The van der Waals surface area contributed by atoms with E-state index in [9.17, 15) is 14.7 Å². The molecule has 0 aliphatic carbocycles. The zero-order valence-electron chi connectivity index (χ0n) is 14.3. The quantitative estimate of drug-likeness (QED) is 0.411. The Morgan fingerprint density at radius 1 is 1.15 bits per heavy atom. The molecule has 2 aromatic rings. The fourth-order valence-electron chi connectivity index (χ4n) is 2.39. The number of para-hydroxylation sites is 1. The van der Waals surface area contributed by atoms with Gasteiger partial charge in [-0.25, -0.2) is 4.79 Å². The summed E-state index contributed by atoms with van der Waals surface area (Å²) in [6.45, 7) is 2.08. The average Bonchev–Trinajstić information content (AvgIpc) is 2.62. The van der Waals surface area contributed by atoms with Gasteiger partial charge in [0.25, 0.3) is 0 Å². The number of benzene rings is 2. The van der Waals surface area contributed by atoms with Crippen LogP contribution in [0.4, 0.5) is 0 Å². The molecule has 0 spiro atoms. The Kier molecular flexibility index (Phi) is 6.89. The zero-order valence-corrected chi connectivity index (χ0v) is 15.9. The van der Waals surface area contributed by atoms with Crippen LogP contribution in [-0.4, -0.2) is 30.6 Å². The number of rotatable bonds is 7. The Bertz CT molecular complexity index is 810. The maximum absolute atomic E-state index is 12.2. The molecule has 26 heavy (non-hydrogen) atoms. The normalized spacial score (nSPS) is 10.5. The van der Waals surface area contributed by atoms with Crippen LogP contribution in [0, 0.1) is 6.92 Å². The lowest BCUT2D eigenvalue weighted by Gasteiger charge is -2.13. The van der Waals surface area contributed by atoms with Crippen LogP contribution in [0.25, 0.3) is 0 Å². The monoisotopic (exact) mass is 396 g/mol. The van der Waals surface area contributed by atoms with Crippen LogP contribution in [-0.2, 0) is 4.74 Å². The molecular formula is C19H18Cl2O5. The Morgan fingerprint density at radius 2 is 1.81 bits per heavy atom. The van der Waals surface area contributed by atoms with Gasteiger partial charge >= 0.3 is 5.97 Å². The van der Waals surface area contributed by atoms with Gasteiger partial charge in [0.2, 0.25) is 0 Å². The van der Waals surface area contributed by atoms with Crippen LogP contribution in [0.2, 0.25) is 10.0 Å². The number of aryl methyl sites for hydroxylation is 1. The summed E-state index contributed by atoms with van der Waals surface area (Å²) in [7, 11) is 1.31. The molecule has 0 unspecified atom stereocenters. The lowest BCUT2D eigenvalue weighted by atomic mass is 10.1. The van der Waals surface area contributed by atoms with E-state index in [0.29, 0.717) is 23.3 Å². The Balaban J connectivity index is 1.97. The van der Waals surface area contributed by atoms with E-state index in [1.165, 1.54) is 19.2 Å². The van der Waals surface area contributed by atoms with Crippen molar-refractivity contribution in [3.8, 4) is 11.5 Å². The number of halogens is 2. The van der Waals surface area contributed by atoms with Gasteiger partial charge in [0.05, 0.1) is 23.8 Å². The SMILES string of the molecule is COC(=O)c1cccc(C)c1OCCCC(=O)c1cc(Cl)c(O)c(Cl)c1. The predicted octanol–water partition coefficient (Wildman–Crippen LogP) is 4.84. The molecule has 5 nitrogen and oxygen atoms in total. The van der Waals surface area contributed by atoms with E-state index in [2.05, 4.69) is 0 Å². The van der Waals surface area contributed by atoms with E-state index in [0.717, 1.165) is 5.56 Å². The van der Waals surface area contributed by atoms with Gasteiger partial charge in [-0.1, -0.05) is 35.3 Å². The summed E-state index contributed by atoms with van der Waals surface area (Å²) in [4.78, 5) is 24.0. The second kappa shape index (κ2) is 8.92. The maximum Gasteiger partial charge on any atom is 0.341 e. The first-order valence-corrected chi connectivity index (χ1v) is 8.62. The number of methoxy groups -OCH3 is 1. The number of carbonyl (C=O) groups is 2. The molecule has 7 heteroatoms. The van der Waals surface area contributed by atoms with Gasteiger partial charge in [-0.3, -0.25) is 4.79 Å². The highest BCUT2D eigenvalue weighted by molar-refractivity contribution is 6.37. The molecule has 2 aromatic carbocycles. The average molecular weight is 397 g/mol. The number of aromatic hydroxyl groups is 1. The van der Waals surface area contributed by atoms with E-state index in [4.69, 9.17) is 32.7 Å². The minimum atomic E-state index is -0.479. The Morgan fingerprint density at radius 3 is 2.42 bits per heavy atom. The molecule has 0 saturated heterocycles. The number of phenolic OH excluding ortho intramolecular Hbond substituents is 1. The van der Waals surface area contributed by atoms with Gasteiger partial charge < -0.3 is 14.6 Å². The minimum absolute atomic E-state index is 0.0275. The molecule has 138 valence electrons. The minimum Gasteiger partial charge on any atom is -0.505 e. The number of phenols is 1. The van der Waals surface area contributed by atoms with Gasteiger partial charge in [0.15, 0.2) is 11.5 Å². The van der Waals surface area contributed by atoms with Crippen molar-refractivity contribution in [2.24, 2.45) is 0 Å². The van der Waals surface area contributed by atoms with Crippen LogP contribution in [0.1, 0.15) is 39.1 Å². The smallest absolute Gasteiger partial charge is 0.341 e. The Labute approximate surface area is 161 Å². The van der Waals surface area contributed by atoms with Crippen molar-refractivity contribution < 1.29 is 24.2 Å². The van der Waals surface area contributed by atoms with Gasteiger partial charge in [-0.15, -0.1) is 0 Å². The summed E-state index contributed by atoms with van der Waals surface area (Å²) in [5.41, 5.74) is 1.47. The Hall–Kier alpha value is -2.24. The molecule has 0 atom stereocenters. The summed E-state index contributed by atoms with van der Waals surface area (Å²) in [5.74, 6) is -0.450. The van der Waals surface area contributed by atoms with Crippen molar-refractivity contribution in [2.75, 3.05) is 13.7 Å². The van der Waals surface area contributed by atoms with Crippen molar-refractivity contribution in [1.82, 2.24) is 0 Å². The molecule has 0 aliphatic heterocycles. The summed E-state index contributed by atoms with van der Waals surface area (Å²) >= 11 is 11.7. The fourth-order valence-corrected chi connectivity index (χ4v) is 2.88. The summed E-state index contributed by atoms with van der Waals surface area (Å²) in [5, 5.41) is 9.59. The molecule has 0 saturated carbocycles. The molecule has 0 radical (unpaired) electrons. The van der Waals surface area contributed by atoms with Crippen molar-refractivity contribution >= 4 is 35.0 Å². The van der Waals surface area contributed by atoms with Crippen LogP contribution in [0.3, 0.4) is 0 Å². The van der Waals surface area contributed by atoms with Crippen LogP contribution in [0.15, 0.2) is 30.3 Å². The molecule has 0 amide bonds. The number of ether oxygens (including phenoxy) is 2. The highest BCUT2D eigenvalue weighted by Gasteiger charge is 2.16. The maximum atomic E-state index is 12.2. The molecular weight excluding hydrogens is 379 g/mol. The van der Waals surface area contributed by atoms with E-state index in [1.54, 1.807) is 12.1 Å². The number of carbonyl (C=O) groups excluding carboxylic acids is 2. The van der Waals surface area contributed by atoms with Crippen molar-refractivity contribution in [1.29, 1.82) is 0 Å². The molecule has 0 aromatic heterocycles. The summed E-state index contributed by atoms with van der Waals surface area (Å²) in [6.07, 6.45) is 0.640. The molecule has 1 N–H and O–H groups in total. The third-order valence-corrected chi connectivity index (χ3v) is 4.33. The molecule has 0 bridgehead atoms. The highest BCUT2D eigenvalue weighted by atomic mass is 35.5. The molecule has 2 rings (SSSR count). The topological polar surface area (TPSA) is 72.8 Å². The standard InChI is InChI=1S/C19H18Cl2O5/c1-11-5-3-6-13(19(24)25-2)18(11)26-8-4-7-16(22)12-9-14(20)17(23)15(21)10-12/h3,5-6,9-10,23H,4,7-8H2,1-2H3. The fraction of sp³-hybridized carbons (Fsp3) is 0.263. The summed E-state index contributed by atoms with van der Waals surface area (Å²) in [6, 6.07) is 7.95. The van der Waals surface area contributed by atoms with E-state index in [-0.39, 0.29) is 34.6 Å². The van der Waals surface area contributed by atoms with Crippen molar-refractivity contribution in [2.45, 2.75) is 19.8 Å². The van der Waals surface area contributed by atoms with Gasteiger partial charge in [-0.05, 0) is 37.1 Å². The van der Waals surface area contributed by atoms with Crippen LogP contribution in [0.5, 0.6) is 11.5 Å². The predicted molar refractivity (Wildman–Crippen MR) is 99.7 cm³/mol. The molecule has 0 heterocycles. The number of esters is 1. The zero-order chi connectivity index (χ0) is 19.3.